The summed E-state index contributed by atoms with van der Waals surface area (Å²) in [5, 5.41) is 0. The summed E-state index contributed by atoms with van der Waals surface area (Å²) < 4.78 is 0. The highest BCUT2D eigenvalue weighted by molar-refractivity contribution is 5.38. The van der Waals surface area contributed by atoms with Crippen LogP contribution in [0.1, 0.15) is 40.5 Å². The van der Waals surface area contributed by atoms with Crippen LogP contribution in [0.3, 0.4) is 0 Å². The Balaban J connectivity index is 4.50. The van der Waals surface area contributed by atoms with E-state index in [-0.39, 0.29) is 0 Å². The molecule has 0 bridgehead atoms. The maximum Gasteiger partial charge on any atom is -0.0274 e. The molecule has 0 amide bonds. The van der Waals surface area contributed by atoms with Crippen LogP contribution in [-0.2, 0) is 0 Å². The summed E-state index contributed by atoms with van der Waals surface area (Å²) in [4.78, 5) is 0. The maximum atomic E-state index is 4.02. The lowest BCUT2D eigenvalue weighted by Gasteiger charge is -2.04. The number of rotatable bonds is 4. The van der Waals surface area contributed by atoms with Gasteiger partial charge in [-0.05, 0) is 37.8 Å². The number of hydrogen-bond acceptors (Lipinski definition) is 0. The summed E-state index contributed by atoms with van der Waals surface area (Å²) in [7, 11) is 0. The average Bonchev–Trinajstić information content (AvgIpc) is 2.12. The maximum absolute atomic E-state index is 4.02. The highest BCUT2D eigenvalue weighted by atomic mass is 14.0. The largest absolute Gasteiger partial charge is 0.0953 e. The Labute approximate surface area is 76.7 Å². The predicted molar refractivity (Wildman–Crippen MR) is 57.2 cm³/mol. The second kappa shape index (κ2) is 5.82. The zero-order valence-electron chi connectivity index (χ0n) is 8.78. The Morgan fingerprint density at radius 1 is 1.25 bits per heavy atom. The Bertz CT molecular complexity index is 204. The van der Waals surface area contributed by atoms with E-state index in [0.29, 0.717) is 0 Å². The van der Waals surface area contributed by atoms with E-state index in [9.17, 15) is 0 Å². The van der Waals surface area contributed by atoms with Crippen LogP contribution in [0.5, 0.6) is 0 Å². The molecule has 0 heteroatoms. The van der Waals surface area contributed by atoms with Gasteiger partial charge < -0.3 is 0 Å². The minimum absolute atomic E-state index is 1.03. The molecule has 0 atom stereocenters. The van der Waals surface area contributed by atoms with Crippen LogP contribution in [0.15, 0.2) is 35.5 Å². The average molecular weight is 164 g/mol. The first-order valence-electron chi connectivity index (χ1n) is 4.67. The van der Waals surface area contributed by atoms with E-state index < -0.39 is 0 Å². The summed E-state index contributed by atoms with van der Waals surface area (Å²) in [6, 6.07) is 0. The van der Waals surface area contributed by atoms with Crippen molar-refractivity contribution in [2.24, 2.45) is 0 Å². The molecule has 0 aliphatic rings. The first-order valence-corrected chi connectivity index (χ1v) is 4.67. The SMILES string of the molecule is C=C(CC)C(C=C(C)CC)=CC. The van der Waals surface area contributed by atoms with E-state index >= 15 is 0 Å². The van der Waals surface area contributed by atoms with Gasteiger partial charge in [-0.3, -0.25) is 0 Å². The summed E-state index contributed by atoms with van der Waals surface area (Å²) >= 11 is 0. The molecule has 68 valence electrons. The first-order chi connectivity index (χ1) is 5.65. The van der Waals surface area contributed by atoms with Gasteiger partial charge in [0.25, 0.3) is 0 Å². The van der Waals surface area contributed by atoms with Crippen molar-refractivity contribution < 1.29 is 0 Å². The summed E-state index contributed by atoms with van der Waals surface area (Å²) in [5.74, 6) is 0. The van der Waals surface area contributed by atoms with E-state index in [1.165, 1.54) is 16.7 Å². The molecule has 0 spiro atoms. The topological polar surface area (TPSA) is 0 Å². The van der Waals surface area contributed by atoms with Crippen molar-refractivity contribution in [3.63, 3.8) is 0 Å². The molecule has 0 rings (SSSR count). The van der Waals surface area contributed by atoms with Gasteiger partial charge in [-0.2, -0.15) is 0 Å². The van der Waals surface area contributed by atoms with Crippen molar-refractivity contribution in [1.29, 1.82) is 0 Å². The predicted octanol–water partition coefficient (Wildman–Crippen LogP) is 4.26. The molecule has 0 nitrogen and oxygen atoms in total. The molecular weight excluding hydrogens is 144 g/mol. The van der Waals surface area contributed by atoms with Gasteiger partial charge in [-0.1, -0.05) is 38.2 Å². The Morgan fingerprint density at radius 2 is 1.83 bits per heavy atom. The molecule has 0 saturated carbocycles. The fourth-order valence-corrected chi connectivity index (χ4v) is 0.961. The van der Waals surface area contributed by atoms with Gasteiger partial charge in [-0.15, -0.1) is 0 Å². The Morgan fingerprint density at radius 3 is 2.17 bits per heavy atom. The highest BCUT2D eigenvalue weighted by Gasteiger charge is 1.95. The zero-order chi connectivity index (χ0) is 9.56. The van der Waals surface area contributed by atoms with Crippen molar-refractivity contribution in [1.82, 2.24) is 0 Å². The minimum Gasteiger partial charge on any atom is -0.0953 e. The molecule has 0 unspecified atom stereocenters. The van der Waals surface area contributed by atoms with Crippen molar-refractivity contribution >= 4 is 0 Å². The summed E-state index contributed by atoms with van der Waals surface area (Å²) in [5.41, 5.74) is 3.93. The third kappa shape index (κ3) is 3.56. The Kier molecular flexibility index (Phi) is 5.44. The van der Waals surface area contributed by atoms with Gasteiger partial charge in [0.1, 0.15) is 0 Å². The van der Waals surface area contributed by atoms with Gasteiger partial charge in [0.15, 0.2) is 0 Å². The smallest absolute Gasteiger partial charge is 0.0274 e. The van der Waals surface area contributed by atoms with Crippen molar-refractivity contribution in [2.45, 2.75) is 40.5 Å². The molecule has 0 aromatic rings. The van der Waals surface area contributed by atoms with Crippen LogP contribution in [0.4, 0.5) is 0 Å². The van der Waals surface area contributed by atoms with Crippen LogP contribution in [0.25, 0.3) is 0 Å². The lowest BCUT2D eigenvalue weighted by atomic mass is 10.0. The van der Waals surface area contributed by atoms with E-state index in [1.54, 1.807) is 0 Å². The quantitative estimate of drug-likeness (QED) is 0.545. The van der Waals surface area contributed by atoms with Gasteiger partial charge in [0.05, 0.1) is 0 Å². The minimum atomic E-state index is 1.03. The molecule has 0 fully saturated rings. The van der Waals surface area contributed by atoms with Crippen LogP contribution in [0.2, 0.25) is 0 Å². The number of hydrogen-bond donors (Lipinski definition) is 0. The lowest BCUT2D eigenvalue weighted by molar-refractivity contribution is 1.08. The fraction of sp³-hybridized carbons (Fsp3) is 0.500. The molecule has 0 aromatic carbocycles. The second-order valence-electron chi connectivity index (χ2n) is 3.05. The highest BCUT2D eigenvalue weighted by Crippen LogP contribution is 2.15. The van der Waals surface area contributed by atoms with Crippen LogP contribution >= 0.6 is 0 Å². The summed E-state index contributed by atoms with van der Waals surface area (Å²) in [6.45, 7) is 12.6. The molecule has 0 saturated heterocycles. The van der Waals surface area contributed by atoms with Crippen LogP contribution in [-0.4, -0.2) is 0 Å². The van der Waals surface area contributed by atoms with Gasteiger partial charge >= 0.3 is 0 Å². The number of allylic oxidation sites excluding steroid dienone is 5. The van der Waals surface area contributed by atoms with Crippen molar-refractivity contribution in [3.05, 3.63) is 35.5 Å². The van der Waals surface area contributed by atoms with Crippen LogP contribution in [0, 0.1) is 0 Å². The second-order valence-corrected chi connectivity index (χ2v) is 3.05. The summed E-state index contributed by atoms with van der Waals surface area (Å²) in [6.07, 6.45) is 6.51. The van der Waals surface area contributed by atoms with E-state index in [1.807, 2.05) is 0 Å². The van der Waals surface area contributed by atoms with Crippen LogP contribution < -0.4 is 0 Å². The molecule has 12 heavy (non-hydrogen) atoms. The fourth-order valence-electron chi connectivity index (χ4n) is 0.961. The lowest BCUT2D eigenvalue weighted by Crippen LogP contribution is -1.84. The third-order valence-corrected chi connectivity index (χ3v) is 2.11. The van der Waals surface area contributed by atoms with E-state index in [2.05, 4.69) is 46.4 Å². The standard InChI is InChI=1S/C12H20/c1-6-10(4)9-12(8-3)11(5)7-2/h8-9H,5-7H2,1-4H3. The third-order valence-electron chi connectivity index (χ3n) is 2.11. The van der Waals surface area contributed by atoms with Gasteiger partial charge in [-0.25, -0.2) is 0 Å². The van der Waals surface area contributed by atoms with E-state index in [0.717, 1.165) is 12.8 Å². The molecule has 0 heterocycles. The van der Waals surface area contributed by atoms with Crippen molar-refractivity contribution in [3.8, 4) is 0 Å². The molecular formula is C12H20. The first kappa shape index (κ1) is 11.2. The molecule has 0 aliphatic carbocycles. The van der Waals surface area contributed by atoms with E-state index in [4.69, 9.17) is 0 Å². The zero-order valence-corrected chi connectivity index (χ0v) is 8.78. The Hall–Kier alpha value is -0.780. The molecule has 0 aromatic heterocycles. The van der Waals surface area contributed by atoms with Crippen molar-refractivity contribution in [2.75, 3.05) is 0 Å². The normalized spacial score (nSPS) is 13.3. The van der Waals surface area contributed by atoms with Gasteiger partial charge in [0, 0.05) is 0 Å². The molecule has 0 N–H and O–H groups in total. The van der Waals surface area contributed by atoms with Gasteiger partial charge in [0.2, 0.25) is 0 Å². The monoisotopic (exact) mass is 164 g/mol. The molecule has 0 aliphatic heterocycles. The molecule has 0 radical (unpaired) electrons.